The standard InChI is InChI=1S/C13H14O2/c1-8-11-12(9-5-3-2-4-6-9)10(7-15-8)13(11)14/h2-6,8,10-12H,7H2,1H3. The van der Waals surface area contributed by atoms with Crippen LogP contribution in [0.4, 0.5) is 0 Å². The van der Waals surface area contributed by atoms with E-state index in [1.165, 1.54) is 5.56 Å². The van der Waals surface area contributed by atoms with E-state index in [-0.39, 0.29) is 17.9 Å². The summed E-state index contributed by atoms with van der Waals surface area (Å²) >= 11 is 0. The zero-order chi connectivity index (χ0) is 10.4. The van der Waals surface area contributed by atoms with Crippen molar-refractivity contribution in [2.45, 2.75) is 18.9 Å². The number of hydrogen-bond donors (Lipinski definition) is 0. The van der Waals surface area contributed by atoms with Gasteiger partial charge in [0.1, 0.15) is 5.78 Å². The molecule has 0 aromatic heterocycles. The summed E-state index contributed by atoms with van der Waals surface area (Å²) in [6, 6.07) is 10.3. The summed E-state index contributed by atoms with van der Waals surface area (Å²) in [7, 11) is 0. The van der Waals surface area contributed by atoms with E-state index >= 15 is 0 Å². The lowest BCUT2D eigenvalue weighted by Gasteiger charge is -2.50. The van der Waals surface area contributed by atoms with E-state index in [0.717, 1.165) is 0 Å². The Balaban J connectivity index is 1.93. The largest absolute Gasteiger partial charge is 0.377 e. The monoisotopic (exact) mass is 202 g/mol. The maximum absolute atomic E-state index is 11.8. The minimum atomic E-state index is 0.0905. The summed E-state index contributed by atoms with van der Waals surface area (Å²) < 4.78 is 5.54. The number of benzene rings is 1. The van der Waals surface area contributed by atoms with Gasteiger partial charge in [-0.25, -0.2) is 0 Å². The molecule has 4 atom stereocenters. The average molecular weight is 202 g/mol. The molecule has 2 heteroatoms. The number of Topliss-reactive ketones (excluding diaryl/α,β-unsaturated/α-hetero) is 1. The van der Waals surface area contributed by atoms with E-state index in [4.69, 9.17) is 4.74 Å². The Morgan fingerprint density at radius 1 is 1.20 bits per heavy atom. The Kier molecular flexibility index (Phi) is 1.93. The molecule has 4 unspecified atom stereocenters. The van der Waals surface area contributed by atoms with E-state index < -0.39 is 0 Å². The quantitative estimate of drug-likeness (QED) is 0.696. The third kappa shape index (κ3) is 1.18. The average Bonchev–Trinajstić information content (AvgIpc) is 2.27. The van der Waals surface area contributed by atoms with Crippen molar-refractivity contribution < 1.29 is 9.53 Å². The van der Waals surface area contributed by atoms with E-state index in [1.54, 1.807) is 0 Å². The van der Waals surface area contributed by atoms with Crippen molar-refractivity contribution in [2.24, 2.45) is 11.8 Å². The zero-order valence-electron chi connectivity index (χ0n) is 8.72. The zero-order valence-corrected chi connectivity index (χ0v) is 8.72. The van der Waals surface area contributed by atoms with Crippen LogP contribution in [0.1, 0.15) is 18.4 Å². The highest BCUT2D eigenvalue weighted by Crippen LogP contribution is 2.50. The topological polar surface area (TPSA) is 26.3 Å². The number of hydrogen-bond acceptors (Lipinski definition) is 2. The molecular formula is C13H14O2. The predicted molar refractivity (Wildman–Crippen MR) is 56.6 cm³/mol. The van der Waals surface area contributed by atoms with E-state index in [1.807, 2.05) is 25.1 Å². The fraction of sp³-hybridized carbons (Fsp3) is 0.462. The van der Waals surface area contributed by atoms with Gasteiger partial charge in [-0.2, -0.15) is 0 Å². The second kappa shape index (κ2) is 3.17. The molecule has 78 valence electrons. The molecule has 3 fully saturated rings. The van der Waals surface area contributed by atoms with E-state index in [2.05, 4.69) is 12.1 Å². The molecule has 2 bridgehead atoms. The van der Waals surface area contributed by atoms with Crippen LogP contribution in [0.15, 0.2) is 30.3 Å². The lowest BCUT2D eigenvalue weighted by atomic mass is 9.57. The van der Waals surface area contributed by atoms with E-state index in [0.29, 0.717) is 18.3 Å². The van der Waals surface area contributed by atoms with Crippen molar-refractivity contribution in [3.8, 4) is 0 Å². The molecule has 0 N–H and O–H groups in total. The van der Waals surface area contributed by atoms with Gasteiger partial charge in [-0.1, -0.05) is 30.3 Å². The minimum Gasteiger partial charge on any atom is -0.377 e. The number of carbonyl (C=O) groups excluding carboxylic acids is 1. The molecule has 0 radical (unpaired) electrons. The normalized spacial score (nSPS) is 38.6. The van der Waals surface area contributed by atoms with Crippen molar-refractivity contribution in [1.82, 2.24) is 0 Å². The molecule has 2 heterocycles. The Hall–Kier alpha value is -1.15. The lowest BCUT2D eigenvalue weighted by molar-refractivity contribution is -0.170. The second-order valence-electron chi connectivity index (χ2n) is 4.51. The molecule has 0 spiro atoms. The predicted octanol–water partition coefficient (Wildman–Crippen LogP) is 2.00. The Bertz CT molecular complexity index is 385. The molecule has 4 rings (SSSR count). The van der Waals surface area contributed by atoms with Crippen molar-refractivity contribution in [3.05, 3.63) is 35.9 Å². The van der Waals surface area contributed by atoms with Crippen LogP contribution in [-0.2, 0) is 9.53 Å². The molecule has 2 nitrogen and oxygen atoms in total. The fourth-order valence-corrected chi connectivity index (χ4v) is 2.92. The van der Waals surface area contributed by atoms with Gasteiger partial charge in [0.15, 0.2) is 0 Å². The maximum atomic E-state index is 11.8. The van der Waals surface area contributed by atoms with Crippen molar-refractivity contribution in [1.29, 1.82) is 0 Å². The van der Waals surface area contributed by atoms with Crippen molar-refractivity contribution in [2.75, 3.05) is 6.61 Å². The molecule has 15 heavy (non-hydrogen) atoms. The Morgan fingerprint density at radius 3 is 2.53 bits per heavy atom. The molecule has 0 amide bonds. The molecule has 3 aliphatic rings. The molecule has 1 aromatic rings. The minimum absolute atomic E-state index is 0.0905. The van der Waals surface area contributed by atoms with Crippen LogP contribution in [-0.4, -0.2) is 18.5 Å². The van der Waals surface area contributed by atoms with Gasteiger partial charge in [-0.3, -0.25) is 4.79 Å². The summed E-state index contributed by atoms with van der Waals surface area (Å²) in [6.45, 7) is 2.62. The van der Waals surface area contributed by atoms with Gasteiger partial charge in [0.2, 0.25) is 0 Å². The number of ketones is 1. The molecule has 1 saturated carbocycles. The van der Waals surface area contributed by atoms with Crippen LogP contribution in [0.5, 0.6) is 0 Å². The second-order valence-corrected chi connectivity index (χ2v) is 4.51. The number of carbonyl (C=O) groups is 1. The molecule has 1 aromatic carbocycles. The summed E-state index contributed by atoms with van der Waals surface area (Å²) in [4.78, 5) is 11.8. The molecule has 2 saturated heterocycles. The number of ether oxygens (including phenoxy) is 1. The van der Waals surface area contributed by atoms with E-state index in [9.17, 15) is 4.79 Å². The van der Waals surface area contributed by atoms with Gasteiger partial charge >= 0.3 is 0 Å². The fourth-order valence-electron chi connectivity index (χ4n) is 2.92. The first-order valence-corrected chi connectivity index (χ1v) is 5.49. The van der Waals surface area contributed by atoms with Crippen LogP contribution in [0.2, 0.25) is 0 Å². The highest BCUT2D eigenvalue weighted by atomic mass is 16.5. The Labute approximate surface area is 89.2 Å². The summed E-state index contributed by atoms with van der Waals surface area (Å²) in [5.74, 6) is 1.03. The summed E-state index contributed by atoms with van der Waals surface area (Å²) in [6.07, 6.45) is 0.0905. The van der Waals surface area contributed by atoms with Crippen molar-refractivity contribution >= 4 is 5.78 Å². The third-order valence-electron chi connectivity index (χ3n) is 3.74. The molecular weight excluding hydrogens is 188 g/mol. The van der Waals surface area contributed by atoms with Gasteiger partial charge < -0.3 is 4.74 Å². The SMILES string of the molecule is CC1OCC2C(=O)C1C2c1ccccc1. The first kappa shape index (κ1) is 9.10. The Morgan fingerprint density at radius 2 is 1.93 bits per heavy atom. The smallest absolute Gasteiger partial charge is 0.145 e. The van der Waals surface area contributed by atoms with Gasteiger partial charge in [-0.05, 0) is 12.5 Å². The summed E-state index contributed by atoms with van der Waals surface area (Å²) in [5.41, 5.74) is 1.29. The van der Waals surface area contributed by atoms with Gasteiger partial charge in [-0.15, -0.1) is 0 Å². The molecule has 2 aliphatic heterocycles. The van der Waals surface area contributed by atoms with Crippen molar-refractivity contribution in [3.63, 3.8) is 0 Å². The number of fused-ring (bicyclic) bond motifs is 2. The summed E-state index contributed by atoms with van der Waals surface area (Å²) in [5, 5.41) is 0. The highest BCUT2D eigenvalue weighted by molar-refractivity contribution is 5.93. The van der Waals surface area contributed by atoms with Crippen LogP contribution in [0, 0.1) is 11.8 Å². The van der Waals surface area contributed by atoms with Crippen LogP contribution in [0.25, 0.3) is 0 Å². The van der Waals surface area contributed by atoms with Gasteiger partial charge in [0.25, 0.3) is 0 Å². The first-order valence-electron chi connectivity index (χ1n) is 5.49. The molecule has 1 aliphatic carbocycles. The van der Waals surface area contributed by atoms with Crippen LogP contribution in [0.3, 0.4) is 0 Å². The first-order chi connectivity index (χ1) is 7.29. The third-order valence-corrected chi connectivity index (χ3v) is 3.74. The number of rotatable bonds is 1. The van der Waals surface area contributed by atoms with Gasteiger partial charge in [0.05, 0.1) is 18.6 Å². The van der Waals surface area contributed by atoms with Crippen LogP contribution >= 0.6 is 0 Å². The van der Waals surface area contributed by atoms with Crippen LogP contribution < -0.4 is 0 Å². The highest BCUT2D eigenvalue weighted by Gasteiger charge is 2.56. The van der Waals surface area contributed by atoms with Gasteiger partial charge in [0, 0.05) is 11.8 Å². The maximum Gasteiger partial charge on any atom is 0.145 e. The lowest BCUT2D eigenvalue weighted by Crippen LogP contribution is -2.58.